The lowest BCUT2D eigenvalue weighted by molar-refractivity contribution is 1.18. The first-order valence-electron chi connectivity index (χ1n) is 20.2. The molecule has 1 heterocycles. The van der Waals surface area contributed by atoms with Crippen molar-refractivity contribution in [1.82, 2.24) is 4.57 Å². The molecule has 0 atom stereocenters. The van der Waals surface area contributed by atoms with Gasteiger partial charge in [-0.15, -0.1) is 0 Å². The summed E-state index contributed by atoms with van der Waals surface area (Å²) in [6.07, 6.45) is 0. The molecule has 1 aromatic heterocycles. The van der Waals surface area contributed by atoms with Gasteiger partial charge >= 0.3 is 0 Å². The van der Waals surface area contributed by atoms with Gasteiger partial charge in [-0.3, -0.25) is 0 Å². The zero-order valence-electron chi connectivity index (χ0n) is 32.4. The second-order valence-corrected chi connectivity index (χ2v) is 14.9. The first-order valence-corrected chi connectivity index (χ1v) is 20.2. The quantitative estimate of drug-likeness (QED) is 0.143. The Kier molecular flexibility index (Phi) is 8.49. The van der Waals surface area contributed by atoms with Gasteiger partial charge in [0.15, 0.2) is 0 Å². The third kappa shape index (κ3) is 5.91. The number of fused-ring (bicyclic) bond motifs is 5. The van der Waals surface area contributed by atoms with Crippen molar-refractivity contribution < 1.29 is 0 Å². The first-order chi connectivity index (χ1) is 29.3. The largest absolute Gasteiger partial charge is 0.310 e. The van der Waals surface area contributed by atoms with Crippen LogP contribution in [0.3, 0.4) is 0 Å². The van der Waals surface area contributed by atoms with Gasteiger partial charge in [0.1, 0.15) is 0 Å². The summed E-state index contributed by atoms with van der Waals surface area (Å²) in [5.74, 6) is 0. The van der Waals surface area contributed by atoms with E-state index in [1.54, 1.807) is 0 Å². The highest BCUT2D eigenvalue weighted by molar-refractivity contribution is 6.21. The molecule has 11 aromatic rings. The van der Waals surface area contributed by atoms with E-state index in [9.17, 15) is 0 Å². The summed E-state index contributed by atoms with van der Waals surface area (Å²) >= 11 is 0. The number of anilines is 6. The van der Waals surface area contributed by atoms with Crippen LogP contribution in [0.5, 0.6) is 0 Å². The normalized spacial score (nSPS) is 11.4. The molecule has 0 saturated carbocycles. The van der Waals surface area contributed by atoms with Crippen LogP contribution >= 0.6 is 0 Å². The number of para-hydroxylation sites is 6. The highest BCUT2D eigenvalue weighted by Gasteiger charge is 2.23. The van der Waals surface area contributed by atoms with E-state index in [0.717, 1.165) is 39.8 Å². The molecule has 0 aliphatic heterocycles. The van der Waals surface area contributed by atoms with Gasteiger partial charge in [-0.1, -0.05) is 140 Å². The predicted octanol–water partition coefficient (Wildman–Crippen LogP) is 15.7. The van der Waals surface area contributed by atoms with Gasteiger partial charge in [0, 0.05) is 50.0 Å². The zero-order valence-corrected chi connectivity index (χ0v) is 32.4. The maximum atomic E-state index is 2.43. The lowest BCUT2D eigenvalue weighted by atomic mass is 9.89. The van der Waals surface area contributed by atoms with Crippen molar-refractivity contribution in [2.45, 2.75) is 0 Å². The third-order valence-corrected chi connectivity index (χ3v) is 11.5. The first kappa shape index (κ1) is 34.4. The Morgan fingerprint density at radius 2 is 0.678 bits per heavy atom. The van der Waals surface area contributed by atoms with Gasteiger partial charge in [-0.05, 0) is 119 Å². The SMILES string of the molecule is c1ccc(N(c2ccccc2)c2cccc3c(-c4ccc5c(c4)c4ccccc4n5-c4ccccc4)c4cccc(N(c5ccccc5)c5ccccc5)c4cc23)cc1. The van der Waals surface area contributed by atoms with Crippen molar-refractivity contribution >= 4 is 77.5 Å². The number of aromatic nitrogens is 1. The molecule has 0 N–H and O–H groups in total. The zero-order chi connectivity index (χ0) is 39.1. The van der Waals surface area contributed by atoms with E-state index in [2.05, 4.69) is 251 Å². The standard InChI is InChI=1S/C56H39N3/c1-6-20-41(21-7-1)57(42-22-8-2-9-23-42)53-34-18-31-47-50(53)39-51-48(32-19-35-54(51)58(43-24-10-3-11-25-43)44-26-12-4-13-27-44)56(47)40-36-37-55-49(38-40)46-30-16-17-33-52(46)59(55)45-28-14-5-15-29-45/h1-39H. The Morgan fingerprint density at radius 1 is 0.271 bits per heavy atom. The maximum absolute atomic E-state index is 2.43. The van der Waals surface area contributed by atoms with Crippen molar-refractivity contribution in [3.05, 3.63) is 237 Å². The van der Waals surface area contributed by atoms with Crippen LogP contribution in [0.4, 0.5) is 34.1 Å². The van der Waals surface area contributed by atoms with Gasteiger partial charge in [-0.2, -0.15) is 0 Å². The minimum absolute atomic E-state index is 1.10. The summed E-state index contributed by atoms with van der Waals surface area (Å²) in [6.45, 7) is 0. The van der Waals surface area contributed by atoms with E-state index in [4.69, 9.17) is 0 Å². The van der Waals surface area contributed by atoms with E-state index < -0.39 is 0 Å². The summed E-state index contributed by atoms with van der Waals surface area (Å²) in [4.78, 5) is 4.78. The molecule has 0 saturated heterocycles. The monoisotopic (exact) mass is 753 g/mol. The fourth-order valence-electron chi connectivity index (χ4n) is 8.98. The summed E-state index contributed by atoms with van der Waals surface area (Å²) < 4.78 is 2.39. The van der Waals surface area contributed by atoms with E-state index in [0.29, 0.717) is 0 Å². The average molecular weight is 754 g/mol. The molecule has 0 bridgehead atoms. The molecule has 0 aliphatic rings. The molecule has 3 nitrogen and oxygen atoms in total. The lowest BCUT2D eigenvalue weighted by Gasteiger charge is -2.29. The van der Waals surface area contributed by atoms with Crippen LogP contribution in [0.15, 0.2) is 237 Å². The maximum Gasteiger partial charge on any atom is 0.0541 e. The van der Waals surface area contributed by atoms with Crippen molar-refractivity contribution in [3.63, 3.8) is 0 Å². The number of benzene rings is 10. The lowest BCUT2D eigenvalue weighted by Crippen LogP contribution is -2.11. The molecule has 0 amide bonds. The Morgan fingerprint density at radius 3 is 1.17 bits per heavy atom. The molecule has 11 rings (SSSR count). The Labute approximate surface area is 343 Å². The Balaban J connectivity index is 1.26. The average Bonchev–Trinajstić information content (AvgIpc) is 3.64. The molecule has 278 valence electrons. The molecule has 0 unspecified atom stereocenters. The van der Waals surface area contributed by atoms with Gasteiger partial charge in [0.05, 0.1) is 22.4 Å². The number of nitrogens with zero attached hydrogens (tertiary/aromatic N) is 3. The Bertz CT molecular complexity index is 3030. The van der Waals surface area contributed by atoms with Crippen molar-refractivity contribution in [2.24, 2.45) is 0 Å². The van der Waals surface area contributed by atoms with Crippen LogP contribution < -0.4 is 9.80 Å². The molecular formula is C56H39N3. The molecular weight excluding hydrogens is 715 g/mol. The predicted molar refractivity (Wildman–Crippen MR) is 251 cm³/mol. The summed E-state index contributed by atoms with van der Waals surface area (Å²) in [5, 5.41) is 7.19. The topological polar surface area (TPSA) is 11.4 Å². The van der Waals surface area contributed by atoms with E-state index in [1.165, 1.54) is 54.5 Å². The molecule has 59 heavy (non-hydrogen) atoms. The molecule has 0 spiro atoms. The van der Waals surface area contributed by atoms with Crippen LogP contribution in [0, 0.1) is 0 Å². The van der Waals surface area contributed by atoms with Gasteiger partial charge in [-0.25, -0.2) is 0 Å². The van der Waals surface area contributed by atoms with Crippen LogP contribution in [0.2, 0.25) is 0 Å². The summed E-state index contributed by atoms with van der Waals surface area (Å²) in [5.41, 5.74) is 12.6. The van der Waals surface area contributed by atoms with E-state index in [1.807, 2.05) is 0 Å². The molecule has 0 aliphatic carbocycles. The smallest absolute Gasteiger partial charge is 0.0541 e. The minimum Gasteiger partial charge on any atom is -0.310 e. The second kappa shape index (κ2) is 14.6. The molecule has 0 radical (unpaired) electrons. The third-order valence-electron chi connectivity index (χ3n) is 11.5. The van der Waals surface area contributed by atoms with Crippen molar-refractivity contribution in [3.8, 4) is 16.8 Å². The fraction of sp³-hybridized carbons (Fsp3) is 0. The number of hydrogen-bond donors (Lipinski definition) is 0. The fourth-order valence-corrected chi connectivity index (χ4v) is 8.98. The van der Waals surface area contributed by atoms with E-state index in [-0.39, 0.29) is 0 Å². The Hall–Kier alpha value is -7.88. The highest BCUT2D eigenvalue weighted by atomic mass is 15.1. The molecule has 0 fully saturated rings. The van der Waals surface area contributed by atoms with Crippen LogP contribution in [-0.4, -0.2) is 4.57 Å². The van der Waals surface area contributed by atoms with Gasteiger partial charge in [0.25, 0.3) is 0 Å². The van der Waals surface area contributed by atoms with E-state index >= 15 is 0 Å². The number of rotatable bonds is 8. The second-order valence-electron chi connectivity index (χ2n) is 14.9. The van der Waals surface area contributed by atoms with Crippen LogP contribution in [0.25, 0.3) is 60.2 Å². The van der Waals surface area contributed by atoms with Crippen LogP contribution in [-0.2, 0) is 0 Å². The van der Waals surface area contributed by atoms with Crippen molar-refractivity contribution in [2.75, 3.05) is 9.80 Å². The van der Waals surface area contributed by atoms with Crippen LogP contribution in [0.1, 0.15) is 0 Å². The molecule has 3 heteroatoms. The van der Waals surface area contributed by atoms with Gasteiger partial charge < -0.3 is 14.4 Å². The highest BCUT2D eigenvalue weighted by Crippen LogP contribution is 2.48. The summed E-state index contributed by atoms with van der Waals surface area (Å²) in [7, 11) is 0. The van der Waals surface area contributed by atoms with Crippen molar-refractivity contribution in [1.29, 1.82) is 0 Å². The summed E-state index contributed by atoms with van der Waals surface area (Å²) in [6, 6.07) is 85.4. The molecule has 10 aromatic carbocycles. The number of hydrogen-bond acceptors (Lipinski definition) is 2. The van der Waals surface area contributed by atoms with Gasteiger partial charge in [0.2, 0.25) is 0 Å². The minimum atomic E-state index is 1.10.